The summed E-state index contributed by atoms with van der Waals surface area (Å²) < 4.78 is 5.13. The molecule has 0 amide bonds. The minimum atomic E-state index is -2.35. The molecule has 6 heteroatoms. The van der Waals surface area contributed by atoms with E-state index in [1.807, 2.05) is 0 Å². The molecule has 0 saturated heterocycles. The molecular weight excluding hydrogens is 286 g/mol. The van der Waals surface area contributed by atoms with Crippen LogP contribution < -0.4 is 0 Å². The number of aliphatic hydroxyl groups is 2. The lowest BCUT2D eigenvalue weighted by molar-refractivity contribution is -0.168. The Hall–Kier alpha value is -2.05. The predicted octanol–water partition coefficient (Wildman–Crippen LogP) is 0.801. The maximum atomic E-state index is 12.7. The van der Waals surface area contributed by atoms with Crippen LogP contribution in [0, 0.1) is 5.92 Å². The Morgan fingerprint density at radius 2 is 1.95 bits per heavy atom. The second-order valence-electron chi connectivity index (χ2n) is 5.99. The van der Waals surface area contributed by atoms with Crippen molar-refractivity contribution in [2.24, 2.45) is 10.9 Å². The summed E-state index contributed by atoms with van der Waals surface area (Å²) in [5, 5.41) is 21.8. The summed E-state index contributed by atoms with van der Waals surface area (Å²) in [7, 11) is 0. The van der Waals surface area contributed by atoms with Gasteiger partial charge in [-0.3, -0.25) is 14.6 Å². The topological polar surface area (TPSA) is 96.2 Å². The fraction of sp³-hybridized carbons (Fsp3) is 0.438. The molecule has 1 aliphatic carbocycles. The Morgan fingerprint density at radius 3 is 2.59 bits per heavy atom. The lowest BCUT2D eigenvalue weighted by Gasteiger charge is -2.32. The van der Waals surface area contributed by atoms with Crippen LogP contribution in [0.3, 0.4) is 0 Å². The van der Waals surface area contributed by atoms with Crippen molar-refractivity contribution in [3.63, 3.8) is 0 Å². The zero-order valence-corrected chi connectivity index (χ0v) is 12.5. The van der Waals surface area contributed by atoms with E-state index in [1.165, 1.54) is 19.1 Å². The highest BCUT2D eigenvalue weighted by atomic mass is 16.5. The largest absolute Gasteiger partial charge is 0.462 e. The first-order chi connectivity index (χ1) is 10.2. The zero-order chi connectivity index (χ0) is 16.3. The molecule has 6 nitrogen and oxygen atoms in total. The fourth-order valence-corrected chi connectivity index (χ4v) is 3.30. The van der Waals surface area contributed by atoms with Crippen molar-refractivity contribution in [2.75, 3.05) is 0 Å². The molecule has 0 bridgehead atoms. The quantitative estimate of drug-likeness (QED) is 0.788. The lowest BCUT2D eigenvalue weighted by atomic mass is 9.79. The molecule has 2 aliphatic rings. The summed E-state index contributed by atoms with van der Waals surface area (Å²) in [6.07, 6.45) is -0.406. The molecule has 0 saturated carbocycles. The highest BCUT2D eigenvalue weighted by Crippen LogP contribution is 2.53. The van der Waals surface area contributed by atoms with Crippen LogP contribution in [0.1, 0.15) is 36.7 Å². The molecule has 0 radical (unpaired) electrons. The zero-order valence-electron chi connectivity index (χ0n) is 12.5. The van der Waals surface area contributed by atoms with Crippen molar-refractivity contribution >= 4 is 17.5 Å². The average molecular weight is 303 g/mol. The molecule has 2 N–H and O–H groups in total. The average Bonchev–Trinajstić information content (AvgIpc) is 2.74. The van der Waals surface area contributed by atoms with Crippen molar-refractivity contribution in [3.05, 3.63) is 35.4 Å². The number of carbonyl (C=O) groups excluding carboxylic acids is 2. The van der Waals surface area contributed by atoms with Crippen LogP contribution in [0.15, 0.2) is 29.3 Å². The van der Waals surface area contributed by atoms with E-state index in [4.69, 9.17) is 4.74 Å². The first kappa shape index (κ1) is 14.9. The molecule has 3 atom stereocenters. The van der Waals surface area contributed by atoms with Crippen LogP contribution in [0.2, 0.25) is 0 Å². The van der Waals surface area contributed by atoms with E-state index in [2.05, 4.69) is 4.99 Å². The van der Waals surface area contributed by atoms with Gasteiger partial charge < -0.3 is 14.9 Å². The smallest absolute Gasteiger partial charge is 0.318 e. The van der Waals surface area contributed by atoms with Crippen molar-refractivity contribution in [1.29, 1.82) is 0 Å². The third-order valence-electron chi connectivity index (χ3n) is 4.19. The second kappa shape index (κ2) is 4.47. The van der Waals surface area contributed by atoms with Gasteiger partial charge in [-0.2, -0.15) is 0 Å². The van der Waals surface area contributed by atoms with Gasteiger partial charge in [0.05, 0.1) is 6.10 Å². The van der Waals surface area contributed by atoms with Gasteiger partial charge in [-0.25, -0.2) is 0 Å². The monoisotopic (exact) mass is 303 g/mol. The van der Waals surface area contributed by atoms with Crippen molar-refractivity contribution in [2.45, 2.75) is 38.2 Å². The number of hydrogen-bond donors (Lipinski definition) is 2. The van der Waals surface area contributed by atoms with Gasteiger partial charge in [-0.05, 0) is 20.8 Å². The molecule has 1 aromatic rings. The molecule has 3 rings (SSSR count). The van der Waals surface area contributed by atoms with Gasteiger partial charge in [0.1, 0.15) is 5.92 Å². The van der Waals surface area contributed by atoms with Crippen LogP contribution in [-0.4, -0.2) is 39.4 Å². The Balaban J connectivity index is 2.16. The highest BCUT2D eigenvalue weighted by Gasteiger charge is 2.72. The van der Waals surface area contributed by atoms with E-state index < -0.39 is 35.1 Å². The number of ether oxygens (including phenoxy) is 1. The number of hydrogen-bond acceptors (Lipinski definition) is 6. The second-order valence-corrected chi connectivity index (χ2v) is 5.99. The predicted molar refractivity (Wildman–Crippen MR) is 77.4 cm³/mol. The first-order valence-electron chi connectivity index (χ1n) is 7.09. The number of benzene rings is 1. The van der Waals surface area contributed by atoms with Gasteiger partial charge in [0.25, 0.3) is 0 Å². The van der Waals surface area contributed by atoms with Gasteiger partial charge in [-0.1, -0.05) is 24.3 Å². The molecule has 0 spiro atoms. The van der Waals surface area contributed by atoms with Gasteiger partial charge in [0, 0.05) is 16.8 Å². The number of carbonyl (C=O) groups is 2. The molecular formula is C16H17NO5. The van der Waals surface area contributed by atoms with Crippen LogP contribution in [0.4, 0.5) is 0 Å². The van der Waals surface area contributed by atoms with Crippen LogP contribution in [0.25, 0.3) is 0 Å². The van der Waals surface area contributed by atoms with Gasteiger partial charge >= 0.3 is 5.97 Å². The van der Waals surface area contributed by atoms with E-state index in [0.717, 1.165) is 0 Å². The highest BCUT2D eigenvalue weighted by molar-refractivity contribution is 6.18. The summed E-state index contributed by atoms with van der Waals surface area (Å²) >= 11 is 0. The van der Waals surface area contributed by atoms with E-state index >= 15 is 0 Å². The van der Waals surface area contributed by atoms with E-state index in [-0.39, 0.29) is 16.8 Å². The standard InChI is InChI=1S/C16H17NO5/c1-8(2)22-14(19)12-9(3)17-16(21)11-7-5-4-6-10(11)13(18)15(12,16)20/h4-8,12,20-21H,1-3H3/t12?,15-,16-/m0/s1. The van der Waals surface area contributed by atoms with Crippen LogP contribution in [-0.2, 0) is 15.3 Å². The first-order valence-corrected chi connectivity index (χ1v) is 7.09. The summed E-state index contributed by atoms with van der Waals surface area (Å²) in [6, 6.07) is 6.29. The van der Waals surface area contributed by atoms with Gasteiger partial charge in [0.15, 0.2) is 5.60 Å². The lowest BCUT2D eigenvalue weighted by Crippen LogP contribution is -2.56. The molecule has 1 aliphatic heterocycles. The van der Waals surface area contributed by atoms with Gasteiger partial charge in [0.2, 0.25) is 11.5 Å². The van der Waals surface area contributed by atoms with Crippen molar-refractivity contribution in [1.82, 2.24) is 0 Å². The Morgan fingerprint density at radius 1 is 1.32 bits per heavy atom. The van der Waals surface area contributed by atoms with E-state index in [9.17, 15) is 19.8 Å². The number of esters is 1. The summed E-state index contributed by atoms with van der Waals surface area (Å²) in [5.74, 6) is -2.80. The number of fused-ring (bicyclic) bond motifs is 3. The van der Waals surface area contributed by atoms with Gasteiger partial charge in [-0.15, -0.1) is 0 Å². The SMILES string of the molecule is CC1=N[C@]2(O)c3ccccc3C(=O)[C@@]2(O)C1C(=O)OC(C)C. The molecule has 22 heavy (non-hydrogen) atoms. The maximum Gasteiger partial charge on any atom is 0.318 e. The Labute approximate surface area is 127 Å². The molecule has 1 aromatic carbocycles. The van der Waals surface area contributed by atoms with Crippen molar-refractivity contribution < 1.29 is 24.5 Å². The number of rotatable bonds is 2. The van der Waals surface area contributed by atoms with Crippen LogP contribution >= 0.6 is 0 Å². The maximum absolute atomic E-state index is 12.7. The molecule has 116 valence electrons. The molecule has 1 heterocycles. The number of ketones is 1. The third kappa shape index (κ3) is 1.59. The van der Waals surface area contributed by atoms with Crippen LogP contribution in [0.5, 0.6) is 0 Å². The number of Topliss-reactive ketones (excluding diaryl/α,β-unsaturated/α-hetero) is 1. The fourth-order valence-electron chi connectivity index (χ4n) is 3.30. The summed E-state index contributed by atoms with van der Waals surface area (Å²) in [6.45, 7) is 4.83. The number of aliphatic imine (C=N–C) groups is 1. The Kier molecular flexibility index (Phi) is 3.02. The Bertz CT molecular complexity index is 710. The normalized spacial score (nSPS) is 32.7. The van der Waals surface area contributed by atoms with E-state index in [0.29, 0.717) is 0 Å². The molecule has 0 aromatic heterocycles. The van der Waals surface area contributed by atoms with E-state index in [1.54, 1.807) is 26.0 Å². The molecule has 0 fully saturated rings. The van der Waals surface area contributed by atoms with Crippen molar-refractivity contribution in [3.8, 4) is 0 Å². The summed E-state index contributed by atoms with van der Waals surface area (Å²) in [5.41, 5.74) is -3.94. The molecule has 1 unspecified atom stereocenters. The minimum absolute atomic E-state index is 0.172. The minimum Gasteiger partial charge on any atom is -0.462 e. The summed E-state index contributed by atoms with van der Waals surface area (Å²) in [4.78, 5) is 29.0. The third-order valence-corrected chi connectivity index (χ3v) is 4.19. The number of nitrogens with zero attached hydrogens (tertiary/aromatic N) is 1.